The maximum Gasteiger partial charge on any atom is 0.124 e. The average molecular weight is 362 g/mol. The fraction of sp³-hybridized carbons (Fsp3) is 0.300. The molecule has 0 aliphatic carbocycles. The lowest BCUT2D eigenvalue weighted by Gasteiger charge is -2.34. The molecule has 0 saturated carbocycles. The molecule has 4 nitrogen and oxygen atoms in total. The third kappa shape index (κ3) is 7.22. The van der Waals surface area contributed by atoms with Crippen molar-refractivity contribution in [3.63, 3.8) is 0 Å². The smallest absolute Gasteiger partial charge is 0.124 e. The Morgan fingerprint density at radius 1 is 1.08 bits per heavy atom. The van der Waals surface area contributed by atoms with Gasteiger partial charge in [0.15, 0.2) is 0 Å². The Morgan fingerprint density at radius 2 is 1.60 bits per heavy atom. The molecule has 1 atom stereocenters. The van der Waals surface area contributed by atoms with Crippen LogP contribution in [0.4, 0.5) is 0 Å². The van der Waals surface area contributed by atoms with Crippen LogP contribution in [0.2, 0.25) is 0 Å². The molecular formula is C20H27NO3S. The Morgan fingerprint density at radius 3 is 2.04 bits per heavy atom. The summed E-state index contributed by atoms with van der Waals surface area (Å²) in [5, 5.41) is 0. The first-order valence-corrected chi connectivity index (χ1v) is 9.49. The molecule has 0 aliphatic rings. The van der Waals surface area contributed by atoms with Crippen molar-refractivity contribution in [3.05, 3.63) is 78.4 Å². The topological polar surface area (TPSA) is 57.2 Å². The second kappa shape index (κ2) is 8.94. The van der Waals surface area contributed by atoms with Gasteiger partial charge in [0.05, 0.1) is 19.0 Å². The number of hydrogen-bond acceptors (Lipinski definition) is 3. The second-order valence-corrected chi connectivity index (χ2v) is 8.05. The summed E-state index contributed by atoms with van der Waals surface area (Å²) < 4.78 is 32.1. The maximum atomic E-state index is 10.4. The molecule has 0 heterocycles. The van der Waals surface area contributed by atoms with Crippen LogP contribution in [0.3, 0.4) is 0 Å². The fourth-order valence-corrected chi connectivity index (χ4v) is 2.66. The number of hydrogen-bond donors (Lipinski definition) is 0. The maximum absolute atomic E-state index is 10.4. The summed E-state index contributed by atoms with van der Waals surface area (Å²) in [5.41, 5.74) is 2.31. The van der Waals surface area contributed by atoms with E-state index in [1.807, 2.05) is 13.0 Å². The van der Waals surface area contributed by atoms with Crippen molar-refractivity contribution in [1.29, 1.82) is 0 Å². The summed E-state index contributed by atoms with van der Waals surface area (Å²) in [7, 11) is 0.201. The molecule has 136 valence electrons. The van der Waals surface area contributed by atoms with Gasteiger partial charge in [0.1, 0.15) is 22.7 Å². The lowest BCUT2D eigenvalue weighted by Crippen LogP contribution is -2.45. The second-order valence-electron chi connectivity index (χ2n) is 6.67. The SMILES string of the molecule is C=CC(C)[N+](C)(C)Cc1ccccc1.Cc1ccc(S(=O)(=O)[O-])cc1. The van der Waals surface area contributed by atoms with E-state index in [0.29, 0.717) is 6.04 Å². The van der Waals surface area contributed by atoms with E-state index in [-0.39, 0.29) is 4.90 Å². The van der Waals surface area contributed by atoms with Crippen LogP contribution in [0.5, 0.6) is 0 Å². The summed E-state index contributed by atoms with van der Waals surface area (Å²) in [6.45, 7) is 8.93. The summed E-state index contributed by atoms with van der Waals surface area (Å²) in [6, 6.07) is 16.9. The van der Waals surface area contributed by atoms with Crippen molar-refractivity contribution in [1.82, 2.24) is 0 Å². The first-order valence-electron chi connectivity index (χ1n) is 8.08. The first kappa shape index (κ1) is 21.1. The molecule has 1 unspecified atom stereocenters. The quantitative estimate of drug-likeness (QED) is 0.463. The Balaban J connectivity index is 0.000000257. The van der Waals surface area contributed by atoms with Crippen LogP contribution in [0.15, 0.2) is 72.1 Å². The Kier molecular flexibility index (Phi) is 7.55. The summed E-state index contributed by atoms with van der Waals surface area (Å²) in [5.74, 6) is 0. The Hall–Kier alpha value is -1.95. The molecule has 0 fully saturated rings. The molecule has 0 aromatic heterocycles. The van der Waals surface area contributed by atoms with Crippen LogP contribution in [0, 0.1) is 6.92 Å². The minimum absolute atomic E-state index is 0.178. The predicted molar refractivity (Wildman–Crippen MR) is 101 cm³/mol. The first-order chi connectivity index (χ1) is 11.6. The van der Waals surface area contributed by atoms with Crippen molar-refractivity contribution in [2.24, 2.45) is 0 Å². The highest BCUT2D eigenvalue weighted by molar-refractivity contribution is 7.85. The van der Waals surface area contributed by atoms with Crippen molar-refractivity contribution in [2.75, 3.05) is 14.1 Å². The highest BCUT2D eigenvalue weighted by Gasteiger charge is 2.21. The molecule has 25 heavy (non-hydrogen) atoms. The third-order valence-electron chi connectivity index (χ3n) is 4.19. The van der Waals surface area contributed by atoms with E-state index in [0.717, 1.165) is 16.6 Å². The molecule has 0 N–H and O–H groups in total. The van der Waals surface area contributed by atoms with Gasteiger partial charge in [-0.3, -0.25) is 0 Å². The van der Waals surface area contributed by atoms with Gasteiger partial charge in [0, 0.05) is 5.56 Å². The highest BCUT2D eigenvalue weighted by atomic mass is 32.2. The molecule has 0 bridgehead atoms. The number of nitrogens with zero attached hydrogens (tertiary/aromatic N) is 1. The summed E-state index contributed by atoms with van der Waals surface area (Å²) >= 11 is 0. The normalized spacial score (nSPS) is 12.7. The average Bonchev–Trinajstić information content (AvgIpc) is 2.54. The van der Waals surface area contributed by atoms with Gasteiger partial charge in [-0.1, -0.05) is 54.6 Å². The molecule has 0 radical (unpaired) electrons. The van der Waals surface area contributed by atoms with Gasteiger partial charge in [-0.2, -0.15) is 0 Å². The van der Waals surface area contributed by atoms with Crippen molar-refractivity contribution < 1.29 is 17.5 Å². The lowest BCUT2D eigenvalue weighted by atomic mass is 10.1. The van der Waals surface area contributed by atoms with Crippen molar-refractivity contribution >= 4 is 10.1 Å². The van der Waals surface area contributed by atoms with Gasteiger partial charge in [-0.25, -0.2) is 8.42 Å². The van der Waals surface area contributed by atoms with E-state index in [4.69, 9.17) is 0 Å². The zero-order valence-electron chi connectivity index (χ0n) is 15.3. The van der Waals surface area contributed by atoms with Crippen LogP contribution in [0.1, 0.15) is 18.1 Å². The van der Waals surface area contributed by atoms with E-state index in [9.17, 15) is 13.0 Å². The fourth-order valence-electron chi connectivity index (χ4n) is 2.19. The van der Waals surface area contributed by atoms with Gasteiger partial charge in [0.25, 0.3) is 0 Å². The van der Waals surface area contributed by atoms with Crippen LogP contribution < -0.4 is 0 Å². The van der Waals surface area contributed by atoms with Crippen LogP contribution in [0.25, 0.3) is 0 Å². The number of aryl methyl sites for hydroxylation is 1. The standard InChI is InChI=1S/C13H20N.C7H8O3S/c1-5-12(2)14(3,4)11-13-9-7-6-8-10-13;1-6-2-4-7(5-3-6)11(8,9)10/h5-10,12H,1,11H2,2-4H3;2-5H,1H3,(H,8,9,10)/q+1;/p-1. The van der Waals surface area contributed by atoms with E-state index < -0.39 is 10.1 Å². The van der Waals surface area contributed by atoms with E-state index in [2.05, 4.69) is 57.9 Å². The number of quaternary nitrogens is 1. The monoisotopic (exact) mass is 361 g/mol. The van der Waals surface area contributed by atoms with E-state index in [1.54, 1.807) is 12.1 Å². The number of likely N-dealkylation sites (N-methyl/N-ethyl adjacent to an activating group) is 1. The summed E-state index contributed by atoms with van der Waals surface area (Å²) in [6.07, 6.45) is 2.02. The molecule has 0 saturated heterocycles. The minimum atomic E-state index is -4.27. The van der Waals surface area contributed by atoms with Crippen molar-refractivity contribution in [2.45, 2.75) is 31.3 Å². The summed E-state index contributed by atoms with van der Waals surface area (Å²) in [4.78, 5) is -0.178. The number of benzene rings is 2. The molecule has 0 spiro atoms. The van der Waals surface area contributed by atoms with E-state index in [1.165, 1.54) is 17.7 Å². The van der Waals surface area contributed by atoms with Crippen molar-refractivity contribution in [3.8, 4) is 0 Å². The Labute approximate surface area is 151 Å². The largest absolute Gasteiger partial charge is 0.744 e. The van der Waals surface area contributed by atoms with Gasteiger partial charge < -0.3 is 9.04 Å². The predicted octanol–water partition coefficient (Wildman–Crippen LogP) is 3.74. The third-order valence-corrected chi connectivity index (χ3v) is 5.04. The molecule has 2 aromatic rings. The van der Waals surface area contributed by atoms with Gasteiger partial charge in [-0.05, 0) is 32.1 Å². The molecule has 5 heteroatoms. The van der Waals surface area contributed by atoms with Gasteiger partial charge >= 0.3 is 0 Å². The zero-order chi connectivity index (χ0) is 19.1. The highest BCUT2D eigenvalue weighted by Crippen LogP contribution is 2.14. The molecule has 0 amide bonds. The Bertz CT molecular complexity index is 766. The molecule has 2 rings (SSSR count). The van der Waals surface area contributed by atoms with Crippen LogP contribution in [-0.4, -0.2) is 37.6 Å². The molecule has 2 aromatic carbocycles. The van der Waals surface area contributed by atoms with Crippen LogP contribution >= 0.6 is 0 Å². The molecule has 0 aliphatic heterocycles. The minimum Gasteiger partial charge on any atom is -0.744 e. The zero-order valence-corrected chi connectivity index (χ0v) is 16.2. The number of rotatable bonds is 5. The van der Waals surface area contributed by atoms with Crippen LogP contribution in [-0.2, 0) is 16.7 Å². The van der Waals surface area contributed by atoms with Gasteiger partial charge in [0.2, 0.25) is 0 Å². The van der Waals surface area contributed by atoms with E-state index >= 15 is 0 Å². The van der Waals surface area contributed by atoms with Gasteiger partial charge in [-0.15, -0.1) is 0 Å². The lowest BCUT2D eigenvalue weighted by molar-refractivity contribution is -0.919. The molecular weight excluding hydrogens is 334 g/mol.